The molecule has 0 saturated carbocycles. The molecule has 0 aliphatic rings. The molecule has 28 heavy (non-hydrogen) atoms. The van der Waals surface area contributed by atoms with Crippen LogP contribution < -0.4 is 11.2 Å². The van der Waals surface area contributed by atoms with Gasteiger partial charge in [-0.3, -0.25) is 18.9 Å². The Labute approximate surface area is 170 Å². The molecular weight excluding hydrogens is 410 g/mol. The van der Waals surface area contributed by atoms with Gasteiger partial charge in [0.05, 0.1) is 18.2 Å². The predicted octanol–water partition coefficient (Wildman–Crippen LogP) is 1.82. The Morgan fingerprint density at radius 2 is 2.14 bits per heavy atom. The Balaban J connectivity index is 3.19. The van der Waals surface area contributed by atoms with Gasteiger partial charge in [0.15, 0.2) is 0 Å². The van der Waals surface area contributed by atoms with Gasteiger partial charge in [0.2, 0.25) is 5.91 Å². The third-order valence-electron chi connectivity index (χ3n) is 3.80. The number of nitrogens with two attached hydrogens (primary N) is 1. The molecule has 0 aliphatic heterocycles. The summed E-state index contributed by atoms with van der Waals surface area (Å²) in [6, 6.07) is 4.06. The predicted molar refractivity (Wildman–Crippen MR) is 104 cm³/mol. The maximum Gasteiger partial charge on any atom is 0.337 e. The Morgan fingerprint density at radius 1 is 1.46 bits per heavy atom. The minimum atomic E-state index is -2.46. The third kappa shape index (κ3) is 7.21. The summed E-state index contributed by atoms with van der Waals surface area (Å²) in [5.41, 5.74) is 9.05. The first-order valence-corrected chi connectivity index (χ1v) is 9.86. The highest BCUT2D eigenvalue weighted by Crippen LogP contribution is 2.26. The summed E-state index contributed by atoms with van der Waals surface area (Å²) in [6.07, 6.45) is 1.24. The van der Waals surface area contributed by atoms with E-state index in [0.717, 1.165) is 16.1 Å². The molecule has 5 N–H and O–H groups in total. The second kappa shape index (κ2) is 11.8. The molecule has 1 aromatic carbocycles. The molecule has 1 amide bonds. The quantitative estimate of drug-likeness (QED) is 0.145. The van der Waals surface area contributed by atoms with E-state index in [0.29, 0.717) is 10.6 Å². The summed E-state index contributed by atoms with van der Waals surface area (Å²) >= 11 is 3.49. The number of benzene rings is 1. The van der Waals surface area contributed by atoms with Crippen molar-refractivity contribution in [3.05, 3.63) is 46.1 Å². The number of amides is 1. The van der Waals surface area contributed by atoms with Gasteiger partial charge in [-0.25, -0.2) is 14.5 Å². The summed E-state index contributed by atoms with van der Waals surface area (Å²) < 4.78 is 27.2. The number of esters is 1. The van der Waals surface area contributed by atoms with Crippen molar-refractivity contribution in [1.82, 2.24) is 9.79 Å². The Bertz CT molecular complexity index is 758. The van der Waals surface area contributed by atoms with Gasteiger partial charge in [0.1, 0.15) is 0 Å². The van der Waals surface area contributed by atoms with Crippen LogP contribution in [0.4, 0.5) is 0 Å². The number of hydroxylamine groups is 1. The summed E-state index contributed by atoms with van der Waals surface area (Å²) in [5.74, 6) is -1.36. The maximum atomic E-state index is 12.4. The van der Waals surface area contributed by atoms with E-state index in [1.54, 1.807) is 32.0 Å². The van der Waals surface area contributed by atoms with Gasteiger partial charge in [-0.05, 0) is 43.5 Å². The van der Waals surface area contributed by atoms with Crippen molar-refractivity contribution in [1.29, 1.82) is 0 Å². The van der Waals surface area contributed by atoms with Crippen LogP contribution in [0.3, 0.4) is 0 Å². The van der Waals surface area contributed by atoms with Crippen LogP contribution in [0.5, 0.6) is 0 Å². The van der Waals surface area contributed by atoms with Crippen molar-refractivity contribution in [2.24, 2.45) is 5.73 Å². The molecule has 2 atom stereocenters. The van der Waals surface area contributed by atoms with Gasteiger partial charge < -0.3 is 10.5 Å². The summed E-state index contributed by atoms with van der Waals surface area (Å²) in [4.78, 5) is 23.5. The first-order chi connectivity index (χ1) is 13.2. The molecule has 11 heteroatoms. The number of hydrogen-bond donors (Lipinski definition) is 4. The van der Waals surface area contributed by atoms with Crippen LogP contribution >= 0.6 is 11.6 Å². The fraction of sp³-hybridized carbons (Fsp3) is 0.412. The van der Waals surface area contributed by atoms with E-state index in [9.17, 15) is 18.4 Å². The zero-order valence-corrected chi connectivity index (χ0v) is 17.1. The minimum Gasteiger partial charge on any atom is -0.463 e. The first-order valence-electron chi connectivity index (χ1n) is 8.42. The van der Waals surface area contributed by atoms with Gasteiger partial charge in [-0.15, -0.1) is 0 Å². The van der Waals surface area contributed by atoms with Gasteiger partial charge in [-0.1, -0.05) is 17.7 Å². The Morgan fingerprint density at radius 3 is 2.68 bits per heavy atom. The first kappa shape index (κ1) is 24.1. The second-order valence-corrected chi connectivity index (χ2v) is 7.16. The molecule has 0 radical (unpaired) electrons. The number of rotatable bonds is 10. The van der Waals surface area contributed by atoms with Gasteiger partial charge in [0.25, 0.3) is 11.3 Å². The molecule has 0 saturated heterocycles. The summed E-state index contributed by atoms with van der Waals surface area (Å²) in [6.45, 7) is 3.47. The minimum absolute atomic E-state index is 0.0266. The number of nitrogens with zero attached hydrogens (tertiary/aromatic N) is 1. The van der Waals surface area contributed by atoms with Gasteiger partial charge >= 0.3 is 5.97 Å². The van der Waals surface area contributed by atoms with Crippen molar-refractivity contribution in [3.63, 3.8) is 0 Å². The molecule has 0 heterocycles. The number of nitrogens with one attached hydrogen (secondary N) is 1. The van der Waals surface area contributed by atoms with E-state index in [2.05, 4.69) is 0 Å². The fourth-order valence-electron chi connectivity index (χ4n) is 2.42. The van der Waals surface area contributed by atoms with E-state index in [4.69, 9.17) is 27.3 Å². The van der Waals surface area contributed by atoms with Crippen LogP contribution in [0.1, 0.15) is 36.9 Å². The monoisotopic (exact) mass is 433 g/mol. The number of aryl methyl sites for hydroxylation is 1. The Kier molecular flexibility index (Phi) is 10.1. The van der Waals surface area contributed by atoms with Gasteiger partial charge in [0, 0.05) is 24.2 Å². The van der Waals surface area contributed by atoms with Crippen LogP contribution in [-0.2, 0) is 25.6 Å². The molecule has 9 nitrogen and oxygen atoms in total. The topological polar surface area (TPSA) is 142 Å². The van der Waals surface area contributed by atoms with E-state index in [1.807, 2.05) is 0 Å². The van der Waals surface area contributed by atoms with Crippen molar-refractivity contribution >= 4 is 34.7 Å². The molecule has 0 spiro atoms. The second-order valence-electron chi connectivity index (χ2n) is 5.79. The SMILES string of the molecule is CCOC(=O)/C(=C/N(CCCC(=O)NO)S(=O)O)C(N)c1ccc(Cl)cc1C. The zero-order valence-electron chi connectivity index (χ0n) is 15.6. The average molecular weight is 434 g/mol. The smallest absolute Gasteiger partial charge is 0.337 e. The number of carbonyl (C=O) groups excluding carboxylic acids is 2. The van der Waals surface area contributed by atoms with Gasteiger partial charge in [-0.2, -0.15) is 0 Å². The van der Waals surface area contributed by atoms with Crippen LogP contribution in [0.15, 0.2) is 30.0 Å². The lowest BCUT2D eigenvalue weighted by atomic mass is 9.96. The molecule has 1 rings (SSSR count). The summed E-state index contributed by atoms with van der Waals surface area (Å²) in [7, 11) is 0. The molecule has 156 valence electrons. The largest absolute Gasteiger partial charge is 0.463 e. The fourth-order valence-corrected chi connectivity index (χ4v) is 3.14. The molecule has 0 bridgehead atoms. The van der Waals surface area contributed by atoms with Crippen LogP contribution in [-0.4, -0.2) is 43.3 Å². The van der Waals surface area contributed by atoms with Crippen LogP contribution in [0.2, 0.25) is 5.02 Å². The molecular formula is C17H24ClN3O6S. The molecule has 0 aromatic heterocycles. The molecule has 1 aromatic rings. The molecule has 0 fully saturated rings. The van der Waals surface area contributed by atoms with E-state index < -0.39 is 29.2 Å². The number of carbonyl (C=O) groups is 2. The Hall–Kier alpha value is -1.98. The van der Waals surface area contributed by atoms with Crippen molar-refractivity contribution in [3.8, 4) is 0 Å². The number of hydrogen-bond acceptors (Lipinski definition) is 6. The molecule has 2 unspecified atom stereocenters. The average Bonchev–Trinajstić information content (AvgIpc) is 2.63. The van der Waals surface area contributed by atoms with Crippen molar-refractivity contribution in [2.75, 3.05) is 13.2 Å². The zero-order chi connectivity index (χ0) is 21.3. The summed E-state index contributed by atoms with van der Waals surface area (Å²) in [5, 5.41) is 9.02. The molecule has 0 aliphatic carbocycles. The van der Waals surface area contributed by atoms with E-state index >= 15 is 0 Å². The third-order valence-corrected chi connectivity index (χ3v) is 4.73. The maximum absolute atomic E-state index is 12.4. The number of halogens is 1. The van der Waals surface area contributed by atoms with E-state index in [1.165, 1.54) is 5.48 Å². The van der Waals surface area contributed by atoms with Crippen LogP contribution in [0.25, 0.3) is 0 Å². The highest BCUT2D eigenvalue weighted by Gasteiger charge is 2.24. The normalized spacial score (nSPS) is 13.6. The van der Waals surface area contributed by atoms with Crippen LogP contribution in [0, 0.1) is 6.92 Å². The highest BCUT2D eigenvalue weighted by molar-refractivity contribution is 7.76. The lowest BCUT2D eigenvalue weighted by Gasteiger charge is -2.21. The lowest BCUT2D eigenvalue weighted by molar-refractivity contribution is -0.139. The standard InChI is InChI=1S/C17H24ClN3O6S/c1-3-27-17(23)14(16(19)13-7-6-12(18)9-11(13)2)10-21(28(25)26)8-4-5-15(22)20-24/h6-7,9-10,16,24H,3-5,8,19H2,1-2H3,(H,20,22)(H,25,26)/b14-10+. The highest BCUT2D eigenvalue weighted by atomic mass is 35.5. The number of ether oxygens (including phenoxy) is 1. The van der Waals surface area contributed by atoms with E-state index in [-0.39, 0.29) is 31.6 Å². The van der Waals surface area contributed by atoms with Crippen molar-refractivity contribution in [2.45, 2.75) is 32.7 Å². The van der Waals surface area contributed by atoms with Crippen molar-refractivity contribution < 1.29 is 28.3 Å². The lowest BCUT2D eigenvalue weighted by Crippen LogP contribution is -2.28.